The lowest BCUT2D eigenvalue weighted by molar-refractivity contribution is -0.114. The van der Waals surface area contributed by atoms with Gasteiger partial charge in [-0.1, -0.05) is 18.7 Å². The molecule has 0 saturated heterocycles. The Kier molecular flexibility index (Phi) is 5.09. The fraction of sp³-hybridized carbons (Fsp3) is 0.111. The van der Waals surface area contributed by atoms with Crippen molar-refractivity contribution in [1.29, 1.82) is 0 Å². The summed E-state index contributed by atoms with van der Waals surface area (Å²) in [6.07, 6.45) is 1.56. The van der Waals surface area contributed by atoms with Crippen molar-refractivity contribution in [3.05, 3.63) is 72.3 Å². The molecule has 0 atom stereocenters. The number of benzene rings is 2. The molecule has 112 valence electrons. The van der Waals surface area contributed by atoms with Gasteiger partial charge in [0.25, 0.3) is 0 Å². The Morgan fingerprint density at radius 3 is 2.14 bits per heavy atom. The SMILES string of the molecule is C=CC(=O)Cc1ccc(C(=O)Oc2ccc(OC)cc2)cc1. The summed E-state index contributed by atoms with van der Waals surface area (Å²) in [5.41, 5.74) is 1.25. The lowest BCUT2D eigenvalue weighted by atomic mass is 10.1. The monoisotopic (exact) mass is 296 g/mol. The maximum absolute atomic E-state index is 12.0. The molecule has 2 aromatic carbocycles. The number of hydrogen-bond donors (Lipinski definition) is 0. The fourth-order valence-electron chi connectivity index (χ4n) is 1.84. The first-order valence-corrected chi connectivity index (χ1v) is 6.73. The molecule has 0 aliphatic carbocycles. The highest BCUT2D eigenvalue weighted by molar-refractivity contribution is 5.92. The molecule has 2 aromatic rings. The molecule has 0 N–H and O–H groups in total. The van der Waals surface area contributed by atoms with Crippen LogP contribution in [0.1, 0.15) is 15.9 Å². The van der Waals surface area contributed by atoms with E-state index in [0.29, 0.717) is 17.1 Å². The third-order valence-electron chi connectivity index (χ3n) is 3.07. The molecular weight excluding hydrogens is 280 g/mol. The summed E-state index contributed by atoms with van der Waals surface area (Å²) in [5, 5.41) is 0. The van der Waals surface area contributed by atoms with Crippen LogP contribution in [0, 0.1) is 0 Å². The lowest BCUT2D eigenvalue weighted by Gasteiger charge is -2.06. The number of carbonyl (C=O) groups is 2. The molecule has 0 heterocycles. The zero-order valence-electron chi connectivity index (χ0n) is 12.2. The van der Waals surface area contributed by atoms with Gasteiger partial charge >= 0.3 is 5.97 Å². The normalized spacial score (nSPS) is 9.86. The molecular formula is C18H16O4. The summed E-state index contributed by atoms with van der Waals surface area (Å²) >= 11 is 0. The highest BCUT2D eigenvalue weighted by atomic mass is 16.5. The second-order valence-corrected chi connectivity index (χ2v) is 4.61. The second-order valence-electron chi connectivity index (χ2n) is 4.61. The summed E-state index contributed by atoms with van der Waals surface area (Å²) in [5.74, 6) is 0.619. The Hall–Kier alpha value is -2.88. The standard InChI is InChI=1S/C18H16O4/c1-3-15(19)12-13-4-6-14(7-5-13)18(20)22-17-10-8-16(21-2)9-11-17/h3-11H,1,12H2,2H3. The van der Waals surface area contributed by atoms with Gasteiger partial charge in [0.2, 0.25) is 0 Å². The highest BCUT2D eigenvalue weighted by Crippen LogP contribution is 2.18. The number of methoxy groups -OCH3 is 1. The van der Waals surface area contributed by atoms with Gasteiger partial charge in [0.15, 0.2) is 5.78 Å². The molecule has 0 amide bonds. The molecule has 0 aromatic heterocycles. The van der Waals surface area contributed by atoms with Gasteiger partial charge in [-0.2, -0.15) is 0 Å². The highest BCUT2D eigenvalue weighted by Gasteiger charge is 2.09. The largest absolute Gasteiger partial charge is 0.497 e. The third-order valence-corrected chi connectivity index (χ3v) is 3.07. The molecule has 0 fully saturated rings. The van der Waals surface area contributed by atoms with Crippen LogP contribution >= 0.6 is 0 Å². The van der Waals surface area contributed by atoms with Gasteiger partial charge in [0, 0.05) is 6.42 Å². The van der Waals surface area contributed by atoms with Gasteiger partial charge in [-0.15, -0.1) is 0 Å². The molecule has 0 aliphatic rings. The van der Waals surface area contributed by atoms with Crippen LogP contribution < -0.4 is 9.47 Å². The van der Waals surface area contributed by atoms with Gasteiger partial charge in [0.1, 0.15) is 11.5 Å². The smallest absolute Gasteiger partial charge is 0.343 e. The summed E-state index contributed by atoms with van der Waals surface area (Å²) in [7, 11) is 1.57. The molecule has 0 aliphatic heterocycles. The summed E-state index contributed by atoms with van der Waals surface area (Å²) in [6.45, 7) is 3.43. The molecule has 0 bridgehead atoms. The maximum atomic E-state index is 12.0. The minimum absolute atomic E-state index is 0.0615. The van der Waals surface area contributed by atoms with Crippen LogP contribution in [0.5, 0.6) is 11.5 Å². The number of rotatable bonds is 6. The van der Waals surface area contributed by atoms with Crippen molar-refractivity contribution in [2.75, 3.05) is 7.11 Å². The topological polar surface area (TPSA) is 52.6 Å². The molecule has 22 heavy (non-hydrogen) atoms. The number of hydrogen-bond acceptors (Lipinski definition) is 4. The minimum Gasteiger partial charge on any atom is -0.497 e. The Morgan fingerprint density at radius 1 is 1.00 bits per heavy atom. The van der Waals surface area contributed by atoms with Gasteiger partial charge in [-0.25, -0.2) is 4.79 Å². The van der Waals surface area contributed by atoms with Crippen LogP contribution in [-0.4, -0.2) is 18.9 Å². The second kappa shape index (κ2) is 7.22. The van der Waals surface area contributed by atoms with Crippen molar-refractivity contribution in [1.82, 2.24) is 0 Å². The van der Waals surface area contributed by atoms with Crippen molar-refractivity contribution >= 4 is 11.8 Å². The van der Waals surface area contributed by atoms with Crippen LogP contribution in [0.4, 0.5) is 0 Å². The van der Waals surface area contributed by atoms with E-state index >= 15 is 0 Å². The Morgan fingerprint density at radius 2 is 1.59 bits per heavy atom. The van der Waals surface area contributed by atoms with E-state index in [2.05, 4.69) is 6.58 Å². The van der Waals surface area contributed by atoms with E-state index in [-0.39, 0.29) is 12.2 Å². The van der Waals surface area contributed by atoms with E-state index in [4.69, 9.17) is 9.47 Å². The number of esters is 1. The van der Waals surface area contributed by atoms with Crippen molar-refractivity contribution < 1.29 is 19.1 Å². The van der Waals surface area contributed by atoms with Gasteiger partial charge < -0.3 is 9.47 Å². The van der Waals surface area contributed by atoms with Crippen LogP contribution in [0.3, 0.4) is 0 Å². The third kappa shape index (κ3) is 4.06. The van der Waals surface area contributed by atoms with Gasteiger partial charge in [-0.05, 0) is 48.0 Å². The van der Waals surface area contributed by atoms with Crippen LogP contribution in [0.2, 0.25) is 0 Å². The predicted molar refractivity (Wildman–Crippen MR) is 83.3 cm³/mol. The fourth-order valence-corrected chi connectivity index (χ4v) is 1.84. The zero-order valence-corrected chi connectivity index (χ0v) is 12.2. The van der Waals surface area contributed by atoms with E-state index in [1.54, 1.807) is 55.6 Å². The zero-order chi connectivity index (χ0) is 15.9. The van der Waals surface area contributed by atoms with Crippen LogP contribution in [0.15, 0.2) is 61.2 Å². The predicted octanol–water partition coefficient (Wildman–Crippen LogP) is 3.21. The Balaban J connectivity index is 2.02. The Bertz CT molecular complexity index is 669. The minimum atomic E-state index is -0.452. The average molecular weight is 296 g/mol. The van der Waals surface area contributed by atoms with Crippen molar-refractivity contribution in [3.63, 3.8) is 0 Å². The van der Waals surface area contributed by atoms with Crippen LogP contribution in [0.25, 0.3) is 0 Å². The lowest BCUT2D eigenvalue weighted by Crippen LogP contribution is -2.08. The number of allylic oxidation sites excluding steroid dienone is 1. The quantitative estimate of drug-likeness (QED) is 0.466. The van der Waals surface area contributed by atoms with Gasteiger partial charge in [0.05, 0.1) is 12.7 Å². The van der Waals surface area contributed by atoms with Crippen molar-refractivity contribution in [3.8, 4) is 11.5 Å². The van der Waals surface area contributed by atoms with Crippen molar-refractivity contribution in [2.45, 2.75) is 6.42 Å². The summed E-state index contributed by atoms with van der Waals surface area (Å²) in [4.78, 5) is 23.3. The summed E-state index contributed by atoms with van der Waals surface area (Å²) < 4.78 is 10.3. The molecule has 2 rings (SSSR count). The summed E-state index contributed by atoms with van der Waals surface area (Å²) in [6, 6.07) is 13.5. The molecule has 4 nitrogen and oxygen atoms in total. The van der Waals surface area contributed by atoms with E-state index in [9.17, 15) is 9.59 Å². The van der Waals surface area contributed by atoms with E-state index in [0.717, 1.165) is 5.56 Å². The van der Waals surface area contributed by atoms with Gasteiger partial charge in [-0.3, -0.25) is 4.79 Å². The molecule has 0 saturated carbocycles. The molecule has 0 spiro atoms. The Labute approximate surface area is 129 Å². The van der Waals surface area contributed by atoms with E-state index in [1.807, 2.05) is 0 Å². The first-order chi connectivity index (χ1) is 10.6. The number of ether oxygens (including phenoxy) is 2. The molecule has 4 heteroatoms. The average Bonchev–Trinajstić information content (AvgIpc) is 2.56. The van der Waals surface area contributed by atoms with E-state index in [1.165, 1.54) is 6.08 Å². The van der Waals surface area contributed by atoms with E-state index < -0.39 is 5.97 Å². The molecule has 0 unspecified atom stereocenters. The number of carbonyl (C=O) groups excluding carboxylic acids is 2. The maximum Gasteiger partial charge on any atom is 0.343 e. The molecule has 0 radical (unpaired) electrons. The first-order valence-electron chi connectivity index (χ1n) is 6.73. The van der Waals surface area contributed by atoms with Crippen molar-refractivity contribution in [2.24, 2.45) is 0 Å². The number of ketones is 1. The van der Waals surface area contributed by atoms with Crippen LogP contribution in [-0.2, 0) is 11.2 Å². The first kappa shape index (κ1) is 15.5.